The number of nitrogens with zero attached hydrogens (tertiary/aromatic N) is 1. The maximum absolute atomic E-state index is 12.2. The Hall–Kier alpha value is -1.55. The fourth-order valence-electron chi connectivity index (χ4n) is 2.89. The summed E-state index contributed by atoms with van der Waals surface area (Å²) >= 11 is 0. The van der Waals surface area contributed by atoms with Gasteiger partial charge in [0.25, 0.3) is 0 Å². The molecule has 0 atom stereocenters. The van der Waals surface area contributed by atoms with Crippen molar-refractivity contribution < 1.29 is 9.53 Å². The van der Waals surface area contributed by atoms with E-state index < -0.39 is 0 Å². The summed E-state index contributed by atoms with van der Waals surface area (Å²) in [7, 11) is 1.99. The lowest BCUT2D eigenvalue weighted by Crippen LogP contribution is -2.40. The largest absolute Gasteiger partial charge is 0.493 e. The van der Waals surface area contributed by atoms with Crippen molar-refractivity contribution in [3.8, 4) is 5.75 Å². The molecule has 0 radical (unpaired) electrons. The third kappa shape index (κ3) is 4.73. The molecule has 0 aliphatic carbocycles. The van der Waals surface area contributed by atoms with Gasteiger partial charge in [0.05, 0.1) is 13.0 Å². The van der Waals surface area contributed by atoms with Crippen LogP contribution in [0.1, 0.15) is 30.4 Å². The van der Waals surface area contributed by atoms with Crippen LogP contribution >= 0.6 is 0 Å². The molecule has 1 aliphatic heterocycles. The first-order valence-electron chi connectivity index (χ1n) is 8.22. The van der Waals surface area contributed by atoms with Gasteiger partial charge in [-0.1, -0.05) is 6.07 Å². The van der Waals surface area contributed by atoms with Crippen LogP contribution in [0.15, 0.2) is 18.2 Å². The topological polar surface area (TPSA) is 41.6 Å². The average Bonchev–Trinajstić information content (AvgIpc) is 2.52. The molecule has 0 bridgehead atoms. The van der Waals surface area contributed by atoms with Gasteiger partial charge in [-0.2, -0.15) is 0 Å². The van der Waals surface area contributed by atoms with E-state index in [1.54, 1.807) is 0 Å². The van der Waals surface area contributed by atoms with Crippen molar-refractivity contribution in [1.82, 2.24) is 10.2 Å². The van der Waals surface area contributed by atoms with Crippen LogP contribution in [-0.2, 0) is 4.79 Å². The number of benzene rings is 1. The Labute approximate surface area is 133 Å². The molecule has 1 heterocycles. The molecule has 4 nitrogen and oxygen atoms in total. The molecule has 1 fully saturated rings. The van der Waals surface area contributed by atoms with Crippen molar-refractivity contribution in [1.29, 1.82) is 0 Å². The van der Waals surface area contributed by atoms with Gasteiger partial charge in [0.1, 0.15) is 5.75 Å². The second-order valence-electron chi connectivity index (χ2n) is 6.23. The van der Waals surface area contributed by atoms with Crippen molar-refractivity contribution in [3.63, 3.8) is 0 Å². The van der Waals surface area contributed by atoms with Gasteiger partial charge in [0, 0.05) is 13.1 Å². The maximum atomic E-state index is 12.2. The van der Waals surface area contributed by atoms with Gasteiger partial charge in [0.15, 0.2) is 0 Å². The molecule has 2 rings (SSSR count). The highest BCUT2D eigenvalue weighted by atomic mass is 16.5. The number of nitrogens with one attached hydrogen (secondary N) is 1. The first kappa shape index (κ1) is 16.8. The van der Waals surface area contributed by atoms with Crippen LogP contribution in [0.5, 0.6) is 5.75 Å². The molecule has 1 N–H and O–H groups in total. The van der Waals surface area contributed by atoms with Crippen LogP contribution in [0.3, 0.4) is 0 Å². The highest BCUT2D eigenvalue weighted by Gasteiger charge is 2.21. The lowest BCUT2D eigenvalue weighted by atomic mass is 9.97. The molecule has 0 spiro atoms. The highest BCUT2D eigenvalue weighted by Crippen LogP contribution is 2.18. The summed E-state index contributed by atoms with van der Waals surface area (Å²) in [6.45, 7) is 7.43. The van der Waals surface area contributed by atoms with Crippen molar-refractivity contribution in [2.45, 2.75) is 33.1 Å². The highest BCUT2D eigenvalue weighted by molar-refractivity contribution is 5.76. The zero-order chi connectivity index (χ0) is 15.9. The minimum absolute atomic E-state index is 0.215. The Morgan fingerprint density at radius 3 is 2.64 bits per heavy atom. The molecule has 0 saturated carbocycles. The summed E-state index contributed by atoms with van der Waals surface area (Å²) in [4.78, 5) is 14.2. The van der Waals surface area contributed by atoms with Gasteiger partial charge in [0.2, 0.25) is 5.91 Å². The lowest BCUT2D eigenvalue weighted by molar-refractivity contribution is -0.133. The molecule has 0 aromatic heterocycles. The summed E-state index contributed by atoms with van der Waals surface area (Å²) in [5.41, 5.74) is 2.48. The van der Waals surface area contributed by atoms with E-state index in [2.05, 4.69) is 25.2 Å². The van der Waals surface area contributed by atoms with E-state index in [1.807, 2.05) is 24.1 Å². The molecule has 1 amide bonds. The predicted octanol–water partition coefficient (Wildman–Crippen LogP) is 2.53. The van der Waals surface area contributed by atoms with Crippen LogP contribution in [0, 0.1) is 19.8 Å². The summed E-state index contributed by atoms with van der Waals surface area (Å²) in [6, 6.07) is 6.05. The molecule has 1 aromatic carbocycles. The predicted molar refractivity (Wildman–Crippen MR) is 89.3 cm³/mol. The third-order valence-corrected chi connectivity index (χ3v) is 4.52. The number of piperidine rings is 1. The van der Waals surface area contributed by atoms with E-state index >= 15 is 0 Å². The molecular formula is C18H28N2O2. The summed E-state index contributed by atoms with van der Waals surface area (Å²) in [5.74, 6) is 1.77. The number of likely N-dealkylation sites (tertiary alicyclic amines) is 1. The summed E-state index contributed by atoms with van der Waals surface area (Å²) < 4.78 is 5.71. The maximum Gasteiger partial charge on any atom is 0.225 e. The zero-order valence-corrected chi connectivity index (χ0v) is 14.0. The number of carbonyl (C=O) groups excluding carboxylic acids is 1. The van der Waals surface area contributed by atoms with Crippen LogP contribution < -0.4 is 10.1 Å². The van der Waals surface area contributed by atoms with E-state index in [0.717, 1.165) is 38.2 Å². The van der Waals surface area contributed by atoms with Crippen molar-refractivity contribution in [2.24, 2.45) is 5.92 Å². The first-order valence-corrected chi connectivity index (χ1v) is 8.22. The fourth-order valence-corrected chi connectivity index (χ4v) is 2.89. The van der Waals surface area contributed by atoms with Gasteiger partial charge in [-0.15, -0.1) is 0 Å². The van der Waals surface area contributed by atoms with Gasteiger partial charge in [-0.3, -0.25) is 4.79 Å². The monoisotopic (exact) mass is 304 g/mol. The lowest BCUT2D eigenvalue weighted by Gasteiger charge is -2.32. The number of hydrogen-bond donors (Lipinski definition) is 1. The molecule has 1 aromatic rings. The Balaban J connectivity index is 1.71. The summed E-state index contributed by atoms with van der Waals surface area (Å²) in [5, 5.41) is 3.22. The van der Waals surface area contributed by atoms with Gasteiger partial charge in [-0.25, -0.2) is 0 Å². The minimum Gasteiger partial charge on any atom is -0.493 e. The van der Waals surface area contributed by atoms with Gasteiger partial charge < -0.3 is 15.0 Å². The molecule has 1 aliphatic rings. The SMILES string of the molecule is CNCC1CCN(C(=O)CCOc2ccc(C)c(C)c2)CC1. The second kappa shape index (κ2) is 8.18. The Bertz CT molecular complexity index is 494. The first-order chi connectivity index (χ1) is 10.6. The minimum atomic E-state index is 0.215. The number of ether oxygens (including phenoxy) is 1. The number of hydrogen-bond acceptors (Lipinski definition) is 3. The number of amides is 1. The second-order valence-corrected chi connectivity index (χ2v) is 6.23. The quantitative estimate of drug-likeness (QED) is 0.878. The zero-order valence-electron chi connectivity index (χ0n) is 14.0. The molecule has 1 saturated heterocycles. The van der Waals surface area contributed by atoms with E-state index in [-0.39, 0.29) is 5.91 Å². The third-order valence-electron chi connectivity index (χ3n) is 4.52. The van der Waals surface area contributed by atoms with E-state index in [0.29, 0.717) is 18.9 Å². The average molecular weight is 304 g/mol. The van der Waals surface area contributed by atoms with Crippen LogP contribution in [0.2, 0.25) is 0 Å². The van der Waals surface area contributed by atoms with E-state index in [1.165, 1.54) is 11.1 Å². The van der Waals surface area contributed by atoms with Crippen LogP contribution in [-0.4, -0.2) is 44.1 Å². The van der Waals surface area contributed by atoms with Crippen molar-refractivity contribution in [2.75, 3.05) is 33.3 Å². The van der Waals surface area contributed by atoms with E-state index in [4.69, 9.17) is 4.74 Å². The van der Waals surface area contributed by atoms with Crippen LogP contribution in [0.4, 0.5) is 0 Å². The molecule has 22 heavy (non-hydrogen) atoms. The Morgan fingerprint density at radius 1 is 1.27 bits per heavy atom. The number of rotatable bonds is 6. The van der Waals surface area contributed by atoms with Gasteiger partial charge in [-0.05, 0) is 69.5 Å². The van der Waals surface area contributed by atoms with Crippen molar-refractivity contribution in [3.05, 3.63) is 29.3 Å². The molecule has 4 heteroatoms. The Kier molecular flexibility index (Phi) is 6.25. The molecular weight excluding hydrogens is 276 g/mol. The summed E-state index contributed by atoms with van der Waals surface area (Å²) in [6.07, 6.45) is 2.67. The van der Waals surface area contributed by atoms with E-state index in [9.17, 15) is 4.79 Å². The molecule has 0 unspecified atom stereocenters. The standard InChI is InChI=1S/C18H28N2O2/c1-14-4-5-17(12-15(14)2)22-11-8-18(21)20-9-6-16(7-10-20)13-19-3/h4-5,12,16,19H,6-11,13H2,1-3H3. The normalized spacial score (nSPS) is 15.9. The molecule has 122 valence electrons. The number of carbonyl (C=O) groups is 1. The fraction of sp³-hybridized carbons (Fsp3) is 0.611. The Morgan fingerprint density at radius 2 is 2.00 bits per heavy atom. The van der Waals surface area contributed by atoms with Gasteiger partial charge >= 0.3 is 0 Å². The van der Waals surface area contributed by atoms with Crippen molar-refractivity contribution >= 4 is 5.91 Å². The number of aryl methyl sites for hydroxylation is 2. The smallest absolute Gasteiger partial charge is 0.225 e. The van der Waals surface area contributed by atoms with Crippen LogP contribution in [0.25, 0.3) is 0 Å².